The van der Waals surface area contributed by atoms with Crippen molar-refractivity contribution in [2.45, 2.75) is 0 Å². The number of hydrogen-bond donors (Lipinski definition) is 2. The Balaban J connectivity index is 2.30. The van der Waals surface area contributed by atoms with Crippen molar-refractivity contribution in [3.05, 3.63) is 29.0 Å². The van der Waals surface area contributed by atoms with E-state index in [9.17, 15) is 4.79 Å². The molecule has 1 heterocycles. The highest BCUT2D eigenvalue weighted by atomic mass is 35.5. The number of hydrogen-bond acceptors (Lipinski definition) is 4. The molecule has 0 atom stereocenters. The first kappa shape index (κ1) is 12.9. The summed E-state index contributed by atoms with van der Waals surface area (Å²) in [6, 6.07) is 3.09. The van der Waals surface area contributed by atoms with Crippen LogP contribution in [0.4, 0.5) is 0 Å². The molecule has 0 bridgehead atoms. The Morgan fingerprint density at radius 3 is 3.06 bits per heavy atom. The molecule has 2 N–H and O–H groups in total. The molecule has 1 aromatic heterocycles. The van der Waals surface area contributed by atoms with E-state index >= 15 is 0 Å². The lowest BCUT2D eigenvalue weighted by atomic mass is 10.3. The Kier molecular flexibility index (Phi) is 5.77. The van der Waals surface area contributed by atoms with Gasteiger partial charge in [-0.2, -0.15) is 0 Å². The van der Waals surface area contributed by atoms with E-state index in [1.807, 2.05) is 0 Å². The summed E-state index contributed by atoms with van der Waals surface area (Å²) in [4.78, 5) is 15.4. The molecule has 0 aliphatic carbocycles. The van der Waals surface area contributed by atoms with Crippen LogP contribution in [0.2, 0.25) is 5.02 Å². The van der Waals surface area contributed by atoms with Gasteiger partial charge in [0.05, 0.1) is 19.8 Å². The molecular weight excluding hydrogens is 232 g/mol. The summed E-state index contributed by atoms with van der Waals surface area (Å²) in [5.74, 6) is -0.296. The maximum Gasteiger partial charge on any atom is 0.270 e. The predicted molar refractivity (Wildman–Crippen MR) is 59.5 cm³/mol. The van der Waals surface area contributed by atoms with Gasteiger partial charge in [0.25, 0.3) is 5.91 Å². The molecule has 0 saturated carbocycles. The predicted octanol–water partition coefficient (Wildman–Crippen LogP) is 0.474. The van der Waals surface area contributed by atoms with Gasteiger partial charge in [-0.1, -0.05) is 11.6 Å². The molecule has 1 aromatic rings. The van der Waals surface area contributed by atoms with Gasteiger partial charge in [0.2, 0.25) is 0 Å². The Hall–Kier alpha value is -1.17. The molecule has 0 aliphatic heterocycles. The normalized spacial score (nSPS) is 10.1. The van der Waals surface area contributed by atoms with Gasteiger partial charge in [0, 0.05) is 17.8 Å². The zero-order valence-corrected chi connectivity index (χ0v) is 9.41. The van der Waals surface area contributed by atoms with Gasteiger partial charge >= 0.3 is 0 Å². The first-order chi connectivity index (χ1) is 7.74. The highest BCUT2D eigenvalue weighted by Crippen LogP contribution is 2.07. The van der Waals surface area contributed by atoms with Gasteiger partial charge in [-0.15, -0.1) is 0 Å². The summed E-state index contributed by atoms with van der Waals surface area (Å²) in [7, 11) is 0. The van der Waals surface area contributed by atoms with E-state index in [1.165, 1.54) is 12.3 Å². The summed E-state index contributed by atoms with van der Waals surface area (Å²) < 4.78 is 4.98. The van der Waals surface area contributed by atoms with Crippen LogP contribution in [0.5, 0.6) is 0 Å². The van der Waals surface area contributed by atoms with Crippen molar-refractivity contribution >= 4 is 17.5 Å². The number of ether oxygens (including phenoxy) is 1. The number of aliphatic hydroxyl groups excluding tert-OH is 1. The van der Waals surface area contributed by atoms with Gasteiger partial charge in [0.1, 0.15) is 5.69 Å². The average Bonchev–Trinajstić information content (AvgIpc) is 2.28. The van der Waals surface area contributed by atoms with Crippen molar-refractivity contribution in [3.63, 3.8) is 0 Å². The number of halogens is 1. The molecule has 0 fully saturated rings. The number of nitrogens with one attached hydrogen (secondary N) is 1. The van der Waals surface area contributed by atoms with Crippen molar-refractivity contribution in [1.82, 2.24) is 10.3 Å². The summed E-state index contributed by atoms with van der Waals surface area (Å²) in [6.07, 6.45) is 1.47. The molecule has 0 aromatic carbocycles. The standard InChI is InChI=1S/C10H13ClN2O3/c11-8-1-2-12-9(7-8)10(15)13-3-5-16-6-4-14/h1-2,7,14H,3-6H2,(H,13,15). The molecule has 6 heteroatoms. The zero-order chi connectivity index (χ0) is 11.8. The van der Waals surface area contributed by atoms with Gasteiger partial charge < -0.3 is 15.2 Å². The van der Waals surface area contributed by atoms with Crippen LogP contribution in [0.15, 0.2) is 18.3 Å². The second kappa shape index (κ2) is 7.16. The minimum Gasteiger partial charge on any atom is -0.394 e. The third kappa shape index (κ3) is 4.57. The monoisotopic (exact) mass is 244 g/mol. The fraction of sp³-hybridized carbons (Fsp3) is 0.400. The number of aliphatic hydroxyl groups is 1. The summed E-state index contributed by atoms with van der Waals surface area (Å²) in [5, 5.41) is 11.5. The SMILES string of the molecule is O=C(NCCOCCO)c1cc(Cl)ccn1. The fourth-order valence-electron chi connectivity index (χ4n) is 1.02. The molecular formula is C10H13ClN2O3. The third-order valence-electron chi connectivity index (χ3n) is 1.72. The maximum atomic E-state index is 11.5. The summed E-state index contributed by atoms with van der Waals surface area (Å²) >= 11 is 5.72. The van der Waals surface area contributed by atoms with Crippen molar-refractivity contribution in [2.75, 3.05) is 26.4 Å². The van der Waals surface area contributed by atoms with Crippen LogP contribution in [0, 0.1) is 0 Å². The van der Waals surface area contributed by atoms with Crippen molar-refractivity contribution in [3.8, 4) is 0 Å². The highest BCUT2D eigenvalue weighted by molar-refractivity contribution is 6.30. The largest absolute Gasteiger partial charge is 0.394 e. The van der Waals surface area contributed by atoms with E-state index < -0.39 is 0 Å². The van der Waals surface area contributed by atoms with E-state index in [0.29, 0.717) is 18.2 Å². The second-order valence-electron chi connectivity index (χ2n) is 2.95. The van der Waals surface area contributed by atoms with Gasteiger partial charge in [-0.05, 0) is 12.1 Å². The third-order valence-corrected chi connectivity index (χ3v) is 1.96. The summed E-state index contributed by atoms with van der Waals surface area (Å²) in [6.45, 7) is 0.967. The average molecular weight is 245 g/mol. The molecule has 5 nitrogen and oxygen atoms in total. The molecule has 0 spiro atoms. The molecule has 0 radical (unpaired) electrons. The molecule has 0 aliphatic rings. The van der Waals surface area contributed by atoms with Crippen LogP contribution in [-0.2, 0) is 4.74 Å². The van der Waals surface area contributed by atoms with Gasteiger partial charge in [0.15, 0.2) is 0 Å². The van der Waals surface area contributed by atoms with Crippen LogP contribution in [0.3, 0.4) is 0 Å². The van der Waals surface area contributed by atoms with Crippen molar-refractivity contribution in [2.24, 2.45) is 0 Å². The Labute approximate surface area is 98.4 Å². The van der Waals surface area contributed by atoms with E-state index in [2.05, 4.69) is 10.3 Å². The lowest BCUT2D eigenvalue weighted by molar-refractivity contribution is 0.0835. The smallest absolute Gasteiger partial charge is 0.270 e. The minimum atomic E-state index is -0.296. The molecule has 1 rings (SSSR count). The zero-order valence-electron chi connectivity index (χ0n) is 8.65. The first-order valence-electron chi connectivity index (χ1n) is 4.82. The Morgan fingerprint density at radius 1 is 1.56 bits per heavy atom. The Bertz CT molecular complexity index is 347. The number of pyridine rings is 1. The number of nitrogens with zero attached hydrogens (tertiary/aromatic N) is 1. The molecule has 1 amide bonds. The maximum absolute atomic E-state index is 11.5. The summed E-state index contributed by atoms with van der Waals surface area (Å²) in [5.41, 5.74) is 0.273. The topological polar surface area (TPSA) is 71.5 Å². The van der Waals surface area contributed by atoms with Crippen molar-refractivity contribution < 1.29 is 14.6 Å². The van der Waals surface area contributed by atoms with Crippen LogP contribution in [0.25, 0.3) is 0 Å². The van der Waals surface area contributed by atoms with Crippen LogP contribution < -0.4 is 5.32 Å². The van der Waals surface area contributed by atoms with Gasteiger partial charge in [-0.3, -0.25) is 9.78 Å². The first-order valence-corrected chi connectivity index (χ1v) is 5.20. The van der Waals surface area contributed by atoms with Gasteiger partial charge in [-0.25, -0.2) is 0 Å². The molecule has 0 unspecified atom stereocenters. The van der Waals surface area contributed by atoms with Crippen molar-refractivity contribution in [1.29, 1.82) is 0 Å². The number of amides is 1. The van der Waals surface area contributed by atoms with Crippen LogP contribution in [0.1, 0.15) is 10.5 Å². The fourth-order valence-corrected chi connectivity index (χ4v) is 1.18. The van der Waals surface area contributed by atoms with E-state index in [4.69, 9.17) is 21.4 Å². The lowest BCUT2D eigenvalue weighted by Gasteiger charge is -2.05. The number of carbonyl (C=O) groups excluding carboxylic acids is 1. The number of rotatable bonds is 6. The van der Waals surface area contributed by atoms with E-state index in [1.54, 1.807) is 6.07 Å². The molecule has 0 saturated heterocycles. The van der Waals surface area contributed by atoms with E-state index in [-0.39, 0.29) is 24.8 Å². The molecule has 88 valence electrons. The highest BCUT2D eigenvalue weighted by Gasteiger charge is 2.06. The number of aromatic nitrogens is 1. The molecule has 16 heavy (non-hydrogen) atoms. The lowest BCUT2D eigenvalue weighted by Crippen LogP contribution is -2.28. The Morgan fingerprint density at radius 2 is 2.38 bits per heavy atom. The second-order valence-corrected chi connectivity index (χ2v) is 3.39. The minimum absolute atomic E-state index is 0.0240. The van der Waals surface area contributed by atoms with Crippen LogP contribution >= 0.6 is 11.6 Å². The quantitative estimate of drug-likeness (QED) is 0.714. The van der Waals surface area contributed by atoms with Crippen LogP contribution in [-0.4, -0.2) is 42.4 Å². The number of carbonyl (C=O) groups is 1. The van der Waals surface area contributed by atoms with E-state index in [0.717, 1.165) is 0 Å².